The predicted octanol–water partition coefficient (Wildman–Crippen LogP) is 3.70. The van der Waals surface area contributed by atoms with Crippen LogP contribution in [0.3, 0.4) is 0 Å². The predicted molar refractivity (Wildman–Crippen MR) is 95.0 cm³/mol. The van der Waals surface area contributed by atoms with Crippen molar-refractivity contribution in [2.45, 2.75) is 25.1 Å². The van der Waals surface area contributed by atoms with Crippen LogP contribution in [0.15, 0.2) is 48.5 Å². The number of piperidine rings is 1. The number of rotatable bonds is 1. The minimum absolute atomic E-state index is 0.0795. The number of nitrogens with zero attached hydrogens (tertiary/aromatic N) is 1. The van der Waals surface area contributed by atoms with Crippen molar-refractivity contribution in [1.29, 1.82) is 0 Å². The maximum atomic E-state index is 12.5. The SMILES string of the molecule is O=C(c1ccc(C#Cc2ccc(C(F)(F)F)cc2)cc1)N1CCC(O)CC1. The molecule has 27 heavy (non-hydrogen) atoms. The van der Waals surface area contributed by atoms with Gasteiger partial charge in [0.2, 0.25) is 0 Å². The van der Waals surface area contributed by atoms with Gasteiger partial charge in [-0.15, -0.1) is 0 Å². The van der Waals surface area contributed by atoms with Gasteiger partial charge in [-0.05, 0) is 61.4 Å². The van der Waals surface area contributed by atoms with Gasteiger partial charge in [-0.25, -0.2) is 0 Å². The normalized spacial score (nSPS) is 15.2. The van der Waals surface area contributed by atoms with Crippen LogP contribution in [-0.4, -0.2) is 35.1 Å². The summed E-state index contributed by atoms with van der Waals surface area (Å²) in [4.78, 5) is 14.1. The average molecular weight is 373 g/mol. The van der Waals surface area contributed by atoms with Crippen LogP contribution in [0, 0.1) is 11.8 Å². The first-order valence-corrected chi connectivity index (χ1v) is 8.59. The Morgan fingerprint density at radius 3 is 1.89 bits per heavy atom. The summed E-state index contributed by atoms with van der Waals surface area (Å²) in [6.45, 7) is 1.07. The van der Waals surface area contributed by atoms with E-state index in [0.717, 1.165) is 12.1 Å². The van der Waals surface area contributed by atoms with Crippen LogP contribution in [0.25, 0.3) is 0 Å². The molecule has 1 aliphatic heterocycles. The lowest BCUT2D eigenvalue weighted by molar-refractivity contribution is -0.137. The van der Waals surface area contributed by atoms with Crippen LogP contribution in [-0.2, 0) is 6.18 Å². The Kier molecular flexibility index (Phi) is 5.52. The van der Waals surface area contributed by atoms with E-state index in [1.54, 1.807) is 29.2 Å². The molecular formula is C21H18F3NO2. The number of aliphatic hydroxyl groups excluding tert-OH is 1. The molecule has 0 atom stereocenters. The molecule has 1 N–H and O–H groups in total. The molecule has 0 aromatic heterocycles. The van der Waals surface area contributed by atoms with E-state index in [0.29, 0.717) is 42.6 Å². The smallest absolute Gasteiger partial charge is 0.393 e. The van der Waals surface area contributed by atoms with E-state index in [4.69, 9.17) is 0 Å². The Labute approximate surface area is 155 Å². The summed E-state index contributed by atoms with van der Waals surface area (Å²) in [5.41, 5.74) is 0.989. The van der Waals surface area contributed by atoms with Crippen molar-refractivity contribution < 1.29 is 23.1 Å². The number of likely N-dealkylation sites (tertiary alicyclic amines) is 1. The van der Waals surface area contributed by atoms with E-state index in [2.05, 4.69) is 11.8 Å². The highest BCUT2D eigenvalue weighted by Crippen LogP contribution is 2.28. The molecule has 3 rings (SSSR count). The maximum Gasteiger partial charge on any atom is 0.416 e. The monoisotopic (exact) mass is 373 g/mol. The summed E-state index contributed by atoms with van der Waals surface area (Å²) < 4.78 is 37.6. The fraction of sp³-hybridized carbons (Fsp3) is 0.286. The van der Waals surface area contributed by atoms with Crippen LogP contribution in [0.1, 0.15) is 39.9 Å². The third kappa shape index (κ3) is 4.89. The molecule has 2 aromatic rings. The summed E-state index contributed by atoms with van der Waals surface area (Å²) in [5.74, 6) is 5.62. The second kappa shape index (κ2) is 7.85. The number of amides is 1. The van der Waals surface area contributed by atoms with E-state index in [1.807, 2.05) is 0 Å². The molecule has 1 heterocycles. The van der Waals surface area contributed by atoms with E-state index in [9.17, 15) is 23.1 Å². The van der Waals surface area contributed by atoms with Gasteiger partial charge >= 0.3 is 6.18 Å². The Balaban J connectivity index is 1.66. The number of alkyl halides is 3. The van der Waals surface area contributed by atoms with Gasteiger partial charge in [0.05, 0.1) is 11.7 Å². The fourth-order valence-electron chi connectivity index (χ4n) is 2.83. The number of hydrogen-bond acceptors (Lipinski definition) is 2. The number of benzene rings is 2. The molecule has 0 saturated carbocycles. The molecule has 140 valence electrons. The molecule has 6 heteroatoms. The second-order valence-corrected chi connectivity index (χ2v) is 6.43. The summed E-state index contributed by atoms with van der Waals surface area (Å²) >= 11 is 0. The summed E-state index contributed by atoms with van der Waals surface area (Å²) in [6.07, 6.45) is -3.53. The van der Waals surface area contributed by atoms with Gasteiger partial charge in [0.1, 0.15) is 0 Å². The summed E-state index contributed by atoms with van der Waals surface area (Å²) in [7, 11) is 0. The molecule has 0 bridgehead atoms. The number of hydrogen-bond donors (Lipinski definition) is 1. The Morgan fingerprint density at radius 1 is 0.926 bits per heavy atom. The molecule has 0 aliphatic carbocycles. The summed E-state index contributed by atoms with van der Waals surface area (Å²) in [5, 5.41) is 9.51. The molecule has 0 unspecified atom stereocenters. The molecule has 0 spiro atoms. The third-order valence-electron chi connectivity index (χ3n) is 4.45. The largest absolute Gasteiger partial charge is 0.416 e. The minimum Gasteiger partial charge on any atom is -0.393 e. The highest BCUT2D eigenvalue weighted by molar-refractivity contribution is 5.94. The average Bonchev–Trinajstić information content (AvgIpc) is 2.66. The van der Waals surface area contributed by atoms with Crippen molar-refractivity contribution in [2.24, 2.45) is 0 Å². The molecule has 2 aromatic carbocycles. The molecule has 3 nitrogen and oxygen atoms in total. The molecular weight excluding hydrogens is 355 g/mol. The van der Waals surface area contributed by atoms with Crippen LogP contribution in [0.2, 0.25) is 0 Å². The van der Waals surface area contributed by atoms with Crippen molar-refractivity contribution >= 4 is 5.91 Å². The second-order valence-electron chi connectivity index (χ2n) is 6.43. The van der Waals surface area contributed by atoms with E-state index < -0.39 is 11.7 Å². The standard InChI is InChI=1S/C21H18F3NO2/c22-21(23,24)18-9-5-16(6-10-18)2-1-15-3-7-17(8-4-15)20(27)25-13-11-19(26)12-14-25/h3-10,19,26H,11-14H2. The van der Waals surface area contributed by atoms with Crippen LogP contribution in [0.4, 0.5) is 13.2 Å². The van der Waals surface area contributed by atoms with Gasteiger partial charge in [0.15, 0.2) is 0 Å². The third-order valence-corrected chi connectivity index (χ3v) is 4.45. The van der Waals surface area contributed by atoms with Crippen molar-refractivity contribution in [2.75, 3.05) is 13.1 Å². The first kappa shape index (κ1) is 19.0. The number of halogens is 3. The van der Waals surface area contributed by atoms with Crippen LogP contribution in [0.5, 0.6) is 0 Å². The topological polar surface area (TPSA) is 40.5 Å². The fourth-order valence-corrected chi connectivity index (χ4v) is 2.83. The Bertz CT molecular complexity index is 854. The van der Waals surface area contributed by atoms with Gasteiger partial charge in [-0.3, -0.25) is 4.79 Å². The highest BCUT2D eigenvalue weighted by Gasteiger charge is 2.29. The van der Waals surface area contributed by atoms with E-state index in [1.165, 1.54) is 12.1 Å². The lowest BCUT2D eigenvalue weighted by Gasteiger charge is -2.29. The van der Waals surface area contributed by atoms with E-state index >= 15 is 0 Å². The number of aliphatic hydroxyl groups is 1. The summed E-state index contributed by atoms with van der Waals surface area (Å²) in [6, 6.07) is 11.5. The molecule has 1 fully saturated rings. The molecule has 1 saturated heterocycles. The van der Waals surface area contributed by atoms with Gasteiger partial charge in [0, 0.05) is 29.8 Å². The van der Waals surface area contributed by atoms with Crippen molar-refractivity contribution in [3.8, 4) is 11.8 Å². The highest BCUT2D eigenvalue weighted by atomic mass is 19.4. The zero-order chi connectivity index (χ0) is 19.4. The molecule has 1 aliphatic rings. The zero-order valence-electron chi connectivity index (χ0n) is 14.5. The van der Waals surface area contributed by atoms with Gasteiger partial charge in [0.25, 0.3) is 5.91 Å². The van der Waals surface area contributed by atoms with Crippen LogP contribution < -0.4 is 0 Å². The van der Waals surface area contributed by atoms with Crippen molar-refractivity contribution in [3.63, 3.8) is 0 Å². The number of carbonyl (C=O) groups excluding carboxylic acids is 1. The van der Waals surface area contributed by atoms with Crippen molar-refractivity contribution in [3.05, 3.63) is 70.8 Å². The first-order valence-electron chi connectivity index (χ1n) is 8.59. The van der Waals surface area contributed by atoms with Gasteiger partial charge < -0.3 is 10.0 Å². The van der Waals surface area contributed by atoms with Crippen molar-refractivity contribution in [1.82, 2.24) is 4.90 Å². The molecule has 0 radical (unpaired) electrons. The maximum absolute atomic E-state index is 12.5. The lowest BCUT2D eigenvalue weighted by atomic mass is 10.1. The van der Waals surface area contributed by atoms with Gasteiger partial charge in [-0.1, -0.05) is 11.8 Å². The van der Waals surface area contributed by atoms with Crippen LogP contribution >= 0.6 is 0 Å². The quantitative estimate of drug-likeness (QED) is 0.775. The Hall–Kier alpha value is -2.78. The first-order chi connectivity index (χ1) is 12.8. The minimum atomic E-state index is -4.36. The van der Waals surface area contributed by atoms with Gasteiger partial charge in [-0.2, -0.15) is 13.2 Å². The zero-order valence-corrected chi connectivity index (χ0v) is 14.5. The lowest BCUT2D eigenvalue weighted by Crippen LogP contribution is -2.40. The molecule has 1 amide bonds. The number of carbonyl (C=O) groups is 1. The Morgan fingerprint density at radius 2 is 1.41 bits per heavy atom. The van der Waals surface area contributed by atoms with E-state index in [-0.39, 0.29) is 12.0 Å².